The van der Waals surface area contributed by atoms with E-state index >= 15 is 0 Å². The zero-order chi connectivity index (χ0) is 13.9. The molecule has 1 aromatic carbocycles. The molecule has 0 fully saturated rings. The van der Waals surface area contributed by atoms with Gasteiger partial charge in [-0.25, -0.2) is 0 Å². The summed E-state index contributed by atoms with van der Waals surface area (Å²) in [5.41, 5.74) is 2.67. The molecule has 0 unspecified atom stereocenters. The highest BCUT2D eigenvalue weighted by Crippen LogP contribution is 2.13. The Balaban J connectivity index is 2.12. The van der Waals surface area contributed by atoms with Crippen LogP contribution in [0.2, 0.25) is 5.02 Å². The van der Waals surface area contributed by atoms with Crippen molar-refractivity contribution in [3.63, 3.8) is 0 Å². The predicted octanol–water partition coefficient (Wildman–Crippen LogP) is 3.47. The molecule has 4 heteroatoms. The molecule has 0 atom stereocenters. The molecule has 2 rings (SSSR count). The third-order valence-corrected chi connectivity index (χ3v) is 3.06. The molecule has 3 nitrogen and oxygen atoms in total. The Kier molecular flexibility index (Phi) is 4.27. The van der Waals surface area contributed by atoms with Crippen LogP contribution in [0.3, 0.4) is 0 Å². The number of aromatic nitrogens is 2. The van der Waals surface area contributed by atoms with Crippen LogP contribution in [0.1, 0.15) is 31.9 Å². The Morgan fingerprint density at radius 3 is 2.47 bits per heavy atom. The highest BCUT2D eigenvalue weighted by atomic mass is 35.5. The van der Waals surface area contributed by atoms with Crippen LogP contribution in [0.5, 0.6) is 0 Å². The van der Waals surface area contributed by atoms with Crippen LogP contribution in [0, 0.1) is 0 Å². The van der Waals surface area contributed by atoms with Crippen molar-refractivity contribution in [1.82, 2.24) is 15.1 Å². The molecule has 0 bridgehead atoms. The summed E-state index contributed by atoms with van der Waals surface area (Å²) in [6.07, 6.45) is 3.51. The van der Waals surface area contributed by atoms with Crippen LogP contribution in [0.25, 0.3) is 0 Å². The standard InChI is InChI=1S/C15H20ClN3/c1-15(2,3)17-8-12-6-4-5-7-13(12)10-19-11-14(16)9-18-19/h4-7,9,11,17H,8,10H2,1-3H3. The fourth-order valence-electron chi connectivity index (χ4n) is 1.84. The average molecular weight is 278 g/mol. The Morgan fingerprint density at radius 1 is 1.21 bits per heavy atom. The van der Waals surface area contributed by atoms with E-state index in [4.69, 9.17) is 11.6 Å². The number of nitrogens with one attached hydrogen (secondary N) is 1. The normalized spacial score (nSPS) is 11.8. The summed E-state index contributed by atoms with van der Waals surface area (Å²) < 4.78 is 1.86. The molecule has 0 spiro atoms. The van der Waals surface area contributed by atoms with E-state index in [0.29, 0.717) is 5.02 Å². The Bertz CT molecular complexity index is 540. The molecule has 1 aromatic heterocycles. The molecule has 0 amide bonds. The smallest absolute Gasteiger partial charge is 0.0785 e. The van der Waals surface area contributed by atoms with Gasteiger partial charge in [0.2, 0.25) is 0 Å². The van der Waals surface area contributed by atoms with Crippen molar-refractivity contribution < 1.29 is 0 Å². The summed E-state index contributed by atoms with van der Waals surface area (Å²) >= 11 is 5.89. The van der Waals surface area contributed by atoms with Crippen LogP contribution >= 0.6 is 11.6 Å². The minimum atomic E-state index is 0.113. The lowest BCUT2D eigenvalue weighted by Gasteiger charge is -2.21. The predicted molar refractivity (Wildman–Crippen MR) is 79.4 cm³/mol. The average Bonchev–Trinajstić information content (AvgIpc) is 2.73. The summed E-state index contributed by atoms with van der Waals surface area (Å²) in [5, 5.41) is 8.41. The first-order valence-corrected chi connectivity index (χ1v) is 6.81. The first-order chi connectivity index (χ1) is 8.94. The molecular weight excluding hydrogens is 258 g/mol. The Hall–Kier alpha value is -1.32. The van der Waals surface area contributed by atoms with Crippen LogP contribution in [0.15, 0.2) is 36.7 Å². The number of benzene rings is 1. The van der Waals surface area contributed by atoms with Gasteiger partial charge in [-0.05, 0) is 31.9 Å². The molecule has 0 radical (unpaired) electrons. The minimum Gasteiger partial charge on any atom is -0.308 e. The van der Waals surface area contributed by atoms with Crippen LogP contribution in [-0.2, 0) is 13.1 Å². The number of hydrogen-bond acceptors (Lipinski definition) is 2. The maximum absolute atomic E-state index is 5.89. The van der Waals surface area contributed by atoms with Gasteiger partial charge < -0.3 is 5.32 Å². The van der Waals surface area contributed by atoms with Gasteiger partial charge in [-0.15, -0.1) is 0 Å². The first-order valence-electron chi connectivity index (χ1n) is 6.44. The Morgan fingerprint density at radius 2 is 1.89 bits per heavy atom. The molecule has 2 aromatic rings. The number of hydrogen-bond donors (Lipinski definition) is 1. The van der Waals surface area contributed by atoms with Gasteiger partial charge in [0.25, 0.3) is 0 Å². The quantitative estimate of drug-likeness (QED) is 0.927. The van der Waals surface area contributed by atoms with Crippen molar-refractivity contribution in [2.75, 3.05) is 0 Å². The van der Waals surface area contributed by atoms with E-state index in [1.165, 1.54) is 11.1 Å². The van der Waals surface area contributed by atoms with Crippen molar-refractivity contribution in [3.05, 3.63) is 52.8 Å². The highest BCUT2D eigenvalue weighted by Gasteiger charge is 2.10. The molecule has 0 aliphatic rings. The SMILES string of the molecule is CC(C)(C)NCc1ccccc1Cn1cc(Cl)cn1. The number of halogens is 1. The van der Waals surface area contributed by atoms with Crippen molar-refractivity contribution in [2.24, 2.45) is 0 Å². The number of nitrogens with zero attached hydrogens (tertiary/aromatic N) is 2. The topological polar surface area (TPSA) is 29.9 Å². The van der Waals surface area contributed by atoms with Gasteiger partial charge in [0, 0.05) is 18.3 Å². The molecule has 0 aliphatic heterocycles. The van der Waals surface area contributed by atoms with E-state index in [9.17, 15) is 0 Å². The second kappa shape index (κ2) is 5.76. The van der Waals surface area contributed by atoms with Crippen molar-refractivity contribution in [1.29, 1.82) is 0 Å². The van der Waals surface area contributed by atoms with E-state index in [1.54, 1.807) is 6.20 Å². The monoisotopic (exact) mass is 277 g/mol. The second-order valence-electron chi connectivity index (χ2n) is 5.73. The zero-order valence-electron chi connectivity index (χ0n) is 11.7. The van der Waals surface area contributed by atoms with E-state index in [0.717, 1.165) is 13.1 Å². The first kappa shape index (κ1) is 14.1. The highest BCUT2D eigenvalue weighted by molar-refractivity contribution is 6.30. The molecule has 1 heterocycles. The van der Waals surface area contributed by atoms with E-state index < -0.39 is 0 Å². The maximum atomic E-state index is 5.89. The second-order valence-corrected chi connectivity index (χ2v) is 6.16. The van der Waals surface area contributed by atoms with Crippen molar-refractivity contribution in [3.8, 4) is 0 Å². The van der Waals surface area contributed by atoms with E-state index in [2.05, 4.69) is 55.5 Å². The molecule has 0 aliphatic carbocycles. The molecule has 19 heavy (non-hydrogen) atoms. The summed E-state index contributed by atoms with van der Waals surface area (Å²) in [6.45, 7) is 8.11. The van der Waals surface area contributed by atoms with Crippen LogP contribution < -0.4 is 5.32 Å². The lowest BCUT2D eigenvalue weighted by atomic mass is 10.0. The van der Waals surface area contributed by atoms with Crippen LogP contribution in [0.4, 0.5) is 0 Å². The lowest BCUT2D eigenvalue weighted by molar-refractivity contribution is 0.423. The van der Waals surface area contributed by atoms with Gasteiger partial charge in [0.15, 0.2) is 0 Å². The summed E-state index contributed by atoms with van der Waals surface area (Å²) in [6, 6.07) is 8.41. The maximum Gasteiger partial charge on any atom is 0.0785 e. The third-order valence-electron chi connectivity index (χ3n) is 2.86. The number of rotatable bonds is 4. The molecule has 0 saturated carbocycles. The fraction of sp³-hybridized carbons (Fsp3) is 0.400. The molecule has 102 valence electrons. The molecular formula is C15H20ClN3. The van der Waals surface area contributed by atoms with Gasteiger partial charge in [0.1, 0.15) is 0 Å². The largest absolute Gasteiger partial charge is 0.308 e. The Labute approximate surface area is 119 Å². The summed E-state index contributed by atoms with van der Waals surface area (Å²) in [4.78, 5) is 0. The summed E-state index contributed by atoms with van der Waals surface area (Å²) in [7, 11) is 0. The lowest BCUT2D eigenvalue weighted by Crippen LogP contribution is -2.35. The fourth-order valence-corrected chi connectivity index (χ4v) is 2.00. The van der Waals surface area contributed by atoms with Gasteiger partial charge in [-0.2, -0.15) is 5.10 Å². The van der Waals surface area contributed by atoms with E-state index in [1.807, 2.05) is 10.9 Å². The molecule has 0 saturated heterocycles. The summed E-state index contributed by atoms with van der Waals surface area (Å²) in [5.74, 6) is 0. The van der Waals surface area contributed by atoms with Crippen LogP contribution in [-0.4, -0.2) is 15.3 Å². The molecule has 1 N–H and O–H groups in total. The third kappa shape index (κ3) is 4.37. The zero-order valence-corrected chi connectivity index (χ0v) is 12.4. The van der Waals surface area contributed by atoms with E-state index in [-0.39, 0.29) is 5.54 Å². The minimum absolute atomic E-state index is 0.113. The van der Waals surface area contributed by atoms with Crippen molar-refractivity contribution in [2.45, 2.75) is 39.4 Å². The van der Waals surface area contributed by atoms with Gasteiger partial charge in [0.05, 0.1) is 17.8 Å². The van der Waals surface area contributed by atoms with Gasteiger partial charge in [-0.3, -0.25) is 4.68 Å². The van der Waals surface area contributed by atoms with Crippen molar-refractivity contribution >= 4 is 11.6 Å². The van der Waals surface area contributed by atoms with Gasteiger partial charge >= 0.3 is 0 Å². The van der Waals surface area contributed by atoms with Gasteiger partial charge in [-0.1, -0.05) is 35.9 Å².